The summed E-state index contributed by atoms with van der Waals surface area (Å²) in [4.78, 5) is 66.1. The lowest BCUT2D eigenvalue weighted by Crippen LogP contribution is -2.29. The number of nitrogens with zero attached hydrogens (tertiary/aromatic N) is 2. The van der Waals surface area contributed by atoms with Gasteiger partial charge in [-0.1, -0.05) is 91.0 Å². The van der Waals surface area contributed by atoms with E-state index in [2.05, 4.69) is 68.1 Å². The van der Waals surface area contributed by atoms with Crippen molar-refractivity contribution in [1.82, 2.24) is 25.0 Å². The zero-order chi connectivity index (χ0) is 35.8. The molecule has 0 unspecified atom stereocenters. The normalized spacial score (nSPS) is 11.5. The Morgan fingerprint density at radius 1 is 0.653 bits per heavy atom. The molecule has 254 valence electrons. The molecule has 0 aliphatic carbocycles. The number of halogens is 3. The van der Waals surface area contributed by atoms with Gasteiger partial charge in [-0.05, 0) is 64.5 Å². The highest BCUT2D eigenvalue weighted by Crippen LogP contribution is 2.13. The first-order chi connectivity index (χ1) is 23.5. The van der Waals surface area contributed by atoms with Gasteiger partial charge >= 0.3 is 11.9 Å². The summed E-state index contributed by atoms with van der Waals surface area (Å²) in [5.74, 6) is 3.89. The number of ether oxygens (including phenoxy) is 1. The van der Waals surface area contributed by atoms with E-state index in [9.17, 15) is 28.8 Å². The van der Waals surface area contributed by atoms with Crippen molar-refractivity contribution < 1.29 is 14.3 Å². The van der Waals surface area contributed by atoms with Gasteiger partial charge in [0.15, 0.2) is 0 Å². The van der Waals surface area contributed by atoms with Crippen LogP contribution in [0.5, 0.6) is 0 Å². The van der Waals surface area contributed by atoms with Crippen molar-refractivity contribution in [2.24, 2.45) is 5.84 Å². The number of cyclic esters (lactones) is 2. The van der Waals surface area contributed by atoms with E-state index >= 15 is 0 Å². The number of hydrogen-bond donors (Lipinski definition) is 4. The van der Waals surface area contributed by atoms with Crippen LogP contribution in [0, 0.1) is 0 Å². The number of hydrogen-bond acceptors (Lipinski definition) is 9. The van der Waals surface area contributed by atoms with Crippen LogP contribution in [0.4, 0.5) is 0 Å². The predicted molar refractivity (Wildman–Crippen MR) is 195 cm³/mol. The molecular weight excluding hydrogens is 832 g/mol. The van der Waals surface area contributed by atoms with Crippen LogP contribution < -0.4 is 33.5 Å². The molecule has 16 heteroatoms. The Hall–Kier alpha value is -4.74. The van der Waals surface area contributed by atoms with Crippen LogP contribution in [0.15, 0.2) is 142 Å². The summed E-state index contributed by atoms with van der Waals surface area (Å²) in [6, 6.07) is 31.4. The van der Waals surface area contributed by atoms with Crippen LogP contribution in [0.2, 0.25) is 0 Å². The lowest BCUT2D eigenvalue weighted by atomic mass is 10.2. The monoisotopic (exact) mass is 858 g/mol. The van der Waals surface area contributed by atoms with Crippen LogP contribution in [0.1, 0.15) is 16.7 Å². The van der Waals surface area contributed by atoms with E-state index in [1.807, 2.05) is 91.0 Å². The Kier molecular flexibility index (Phi) is 15.7. The maximum absolute atomic E-state index is 11.7. The molecule has 5 N–H and O–H groups in total. The number of aromatic nitrogens is 4. The van der Waals surface area contributed by atoms with E-state index in [1.54, 1.807) is 0 Å². The van der Waals surface area contributed by atoms with Crippen molar-refractivity contribution in [3.8, 4) is 0 Å². The van der Waals surface area contributed by atoms with Gasteiger partial charge in [-0.15, -0.1) is 0 Å². The Balaban J connectivity index is 0.000000185. The summed E-state index contributed by atoms with van der Waals surface area (Å²) in [6.45, 7) is 1.46. The molecule has 3 aromatic carbocycles. The number of carbonyl (C=O) groups is 2. The third-order valence-electron chi connectivity index (χ3n) is 6.07. The minimum absolute atomic E-state index is 0.183. The fraction of sp³-hybridized carbons (Fsp3) is 0.0909. The van der Waals surface area contributed by atoms with E-state index in [1.165, 1.54) is 27.1 Å². The molecule has 49 heavy (non-hydrogen) atoms. The SMILES string of the molecule is NNCc1ccccc1.O=C1C=C(Br)C(=O)O1.O=c1[nH]n(Cc2ccccc2)c(=O)cc1Br.O=c1cc(Br)c(=O)n(Cc2ccccc2)[nH]1. The van der Waals surface area contributed by atoms with Crippen molar-refractivity contribution in [2.75, 3.05) is 0 Å². The largest absolute Gasteiger partial charge is 0.386 e. The van der Waals surface area contributed by atoms with Crippen LogP contribution in [-0.2, 0) is 34.0 Å². The van der Waals surface area contributed by atoms with Gasteiger partial charge in [0.05, 0.1) is 22.0 Å². The molecule has 13 nitrogen and oxygen atoms in total. The summed E-state index contributed by atoms with van der Waals surface area (Å²) in [5, 5.41) is 4.98. The number of aromatic amines is 2. The first-order valence-electron chi connectivity index (χ1n) is 14.1. The van der Waals surface area contributed by atoms with Gasteiger partial charge in [0.2, 0.25) is 0 Å². The summed E-state index contributed by atoms with van der Waals surface area (Å²) in [7, 11) is 0. The van der Waals surface area contributed by atoms with Crippen LogP contribution >= 0.6 is 47.8 Å². The van der Waals surface area contributed by atoms with Crippen molar-refractivity contribution in [3.05, 3.63) is 181 Å². The number of nitrogens with one attached hydrogen (secondary N) is 3. The lowest BCUT2D eigenvalue weighted by molar-refractivity contribution is -0.150. The second-order valence-electron chi connectivity index (χ2n) is 9.76. The second kappa shape index (κ2) is 19.9. The third-order valence-corrected chi connectivity index (χ3v) is 7.78. The maximum Gasteiger partial charge on any atom is 0.353 e. The van der Waals surface area contributed by atoms with Crippen molar-refractivity contribution in [2.45, 2.75) is 19.6 Å². The molecule has 0 saturated carbocycles. The number of nitrogens with two attached hydrogens (primary N) is 1. The van der Waals surface area contributed by atoms with E-state index < -0.39 is 11.9 Å². The standard InChI is InChI=1S/2C11H9BrN2O2.C7H10N2.C4HBrO3/c12-9-6-10(15)14(13-11(9)16)7-8-4-2-1-3-5-8;12-9-6-10(15)13-14(11(9)16)7-8-4-2-1-3-5-8;8-9-6-7-4-2-1-3-5-7;5-2-1-3(6)8-4(2)7/h1-6H,7H2,(H,13,16);1-6H,7H2,(H,13,15);1-5,9H,6,8H2;1H. The molecule has 0 amide bonds. The van der Waals surface area contributed by atoms with E-state index in [0.29, 0.717) is 13.1 Å². The van der Waals surface area contributed by atoms with Gasteiger partial charge in [0.25, 0.3) is 22.2 Å². The zero-order valence-electron chi connectivity index (χ0n) is 25.5. The lowest BCUT2D eigenvalue weighted by Gasteiger charge is -2.05. The number of H-pyrrole nitrogens is 2. The zero-order valence-corrected chi connectivity index (χ0v) is 30.2. The molecule has 0 fully saturated rings. The molecule has 0 spiro atoms. The molecule has 0 saturated heterocycles. The first-order valence-corrected chi connectivity index (χ1v) is 16.5. The molecule has 6 rings (SSSR count). The Bertz CT molecular complexity index is 2120. The third kappa shape index (κ3) is 13.4. The van der Waals surface area contributed by atoms with Crippen LogP contribution in [-0.4, -0.2) is 31.5 Å². The Labute approximate surface area is 303 Å². The molecule has 0 radical (unpaired) electrons. The minimum Gasteiger partial charge on any atom is -0.386 e. The van der Waals surface area contributed by atoms with E-state index in [-0.39, 0.29) is 35.7 Å². The molecule has 1 aliphatic rings. The van der Waals surface area contributed by atoms with E-state index in [0.717, 1.165) is 23.7 Å². The molecule has 0 bridgehead atoms. The van der Waals surface area contributed by atoms with Crippen molar-refractivity contribution >= 4 is 59.7 Å². The molecule has 1 aliphatic heterocycles. The molecule has 0 atom stereocenters. The number of carbonyl (C=O) groups excluding carboxylic acids is 2. The quantitative estimate of drug-likeness (QED) is 0.0854. The average molecular weight is 861 g/mol. The highest BCUT2D eigenvalue weighted by atomic mass is 79.9. The summed E-state index contributed by atoms with van der Waals surface area (Å²) < 4.78 is 7.32. The van der Waals surface area contributed by atoms with Crippen molar-refractivity contribution in [1.29, 1.82) is 0 Å². The van der Waals surface area contributed by atoms with Gasteiger partial charge in [0.1, 0.15) is 4.48 Å². The first kappa shape index (κ1) is 38.7. The summed E-state index contributed by atoms with van der Waals surface area (Å²) in [5.41, 5.74) is 4.61. The molecule has 3 heterocycles. The predicted octanol–water partition coefficient (Wildman–Crippen LogP) is 3.69. The molecular formula is C33H29Br3N6O7. The fourth-order valence-corrected chi connectivity index (χ4v) is 4.79. The smallest absolute Gasteiger partial charge is 0.353 e. The highest BCUT2D eigenvalue weighted by Gasteiger charge is 2.20. The van der Waals surface area contributed by atoms with Gasteiger partial charge < -0.3 is 4.74 Å². The number of esters is 2. The van der Waals surface area contributed by atoms with Gasteiger partial charge in [0, 0.05) is 24.8 Å². The van der Waals surface area contributed by atoms with Crippen LogP contribution in [0.3, 0.4) is 0 Å². The Morgan fingerprint density at radius 2 is 1.16 bits per heavy atom. The van der Waals surface area contributed by atoms with Crippen molar-refractivity contribution in [3.63, 3.8) is 0 Å². The fourth-order valence-electron chi connectivity index (χ4n) is 3.81. The molecule has 5 aromatic rings. The average Bonchev–Trinajstić information content (AvgIpc) is 3.38. The number of hydrazine groups is 1. The van der Waals surface area contributed by atoms with E-state index in [4.69, 9.17) is 5.84 Å². The second-order valence-corrected chi connectivity index (χ2v) is 12.3. The number of rotatable bonds is 6. The highest BCUT2D eigenvalue weighted by molar-refractivity contribution is 9.12. The summed E-state index contributed by atoms with van der Waals surface area (Å²) in [6.07, 6.45) is 1.09. The van der Waals surface area contributed by atoms with Gasteiger partial charge in [-0.3, -0.25) is 40.6 Å². The topological polar surface area (TPSA) is 191 Å². The van der Waals surface area contributed by atoms with Gasteiger partial charge in [-0.25, -0.2) is 19.0 Å². The number of benzene rings is 3. The molecule has 2 aromatic heterocycles. The summed E-state index contributed by atoms with van der Waals surface area (Å²) >= 11 is 8.88. The maximum atomic E-state index is 11.7. The Morgan fingerprint density at radius 3 is 1.61 bits per heavy atom. The minimum atomic E-state index is -0.616. The van der Waals surface area contributed by atoms with Gasteiger partial charge in [-0.2, -0.15) is 0 Å². The van der Waals surface area contributed by atoms with Crippen LogP contribution in [0.25, 0.3) is 0 Å².